The maximum absolute atomic E-state index is 12.4. The van der Waals surface area contributed by atoms with Crippen LogP contribution in [0.3, 0.4) is 0 Å². The van der Waals surface area contributed by atoms with E-state index in [1.807, 2.05) is 20.8 Å². The van der Waals surface area contributed by atoms with Crippen molar-refractivity contribution in [1.82, 2.24) is 9.55 Å². The number of ether oxygens (including phenoxy) is 2. The zero-order valence-corrected chi connectivity index (χ0v) is 17.7. The molecule has 3 heterocycles. The number of fused-ring (bicyclic) bond motifs is 3. The fraction of sp³-hybridized carbons (Fsp3) is 0.476. The van der Waals surface area contributed by atoms with E-state index in [1.54, 1.807) is 10.6 Å². The molecule has 0 fully saturated rings. The van der Waals surface area contributed by atoms with Gasteiger partial charge in [0.05, 0.1) is 18.3 Å². The Morgan fingerprint density at radius 2 is 2.14 bits per heavy atom. The standard InChI is InChI=1S/C21H25ClN2O5/c1-5-6-7-28-16-9-15-18(23-19(16)22)13-8-14(25)12(20(26)27)10-24(13)17(11-29-15)21(2,3)4/h8-10,17H,5-7,11H2,1-4H3,(H,26,27)/t17-/m0/s1. The number of halogens is 1. The van der Waals surface area contributed by atoms with E-state index < -0.39 is 11.4 Å². The molecule has 0 aromatic carbocycles. The lowest BCUT2D eigenvalue weighted by molar-refractivity contribution is 0.0693. The molecule has 0 spiro atoms. The summed E-state index contributed by atoms with van der Waals surface area (Å²) in [6, 6.07) is 2.75. The molecular weight excluding hydrogens is 396 g/mol. The number of hydrogen-bond donors (Lipinski definition) is 1. The Kier molecular flexibility index (Phi) is 5.89. The molecule has 1 N–H and O–H groups in total. The third kappa shape index (κ3) is 4.24. The fourth-order valence-electron chi connectivity index (χ4n) is 3.25. The summed E-state index contributed by atoms with van der Waals surface area (Å²) in [5, 5.41) is 9.57. The molecule has 8 heteroatoms. The summed E-state index contributed by atoms with van der Waals surface area (Å²) < 4.78 is 13.5. The minimum atomic E-state index is -1.27. The molecule has 1 aliphatic rings. The summed E-state index contributed by atoms with van der Waals surface area (Å²) in [6.07, 6.45) is 3.24. The Bertz CT molecular complexity index is 994. The number of aromatic nitrogens is 2. The van der Waals surface area contributed by atoms with E-state index in [9.17, 15) is 14.7 Å². The zero-order chi connectivity index (χ0) is 21.3. The molecule has 0 saturated carbocycles. The second-order valence-electron chi connectivity index (χ2n) is 8.17. The Balaban J connectivity index is 2.19. The van der Waals surface area contributed by atoms with E-state index in [4.69, 9.17) is 21.1 Å². The summed E-state index contributed by atoms with van der Waals surface area (Å²) in [6.45, 7) is 8.94. The molecule has 156 valence electrons. The van der Waals surface area contributed by atoms with E-state index in [1.165, 1.54) is 12.3 Å². The first-order valence-corrected chi connectivity index (χ1v) is 9.97. The average molecular weight is 421 g/mol. The second-order valence-corrected chi connectivity index (χ2v) is 8.53. The van der Waals surface area contributed by atoms with Crippen LogP contribution in [0.15, 0.2) is 23.1 Å². The maximum atomic E-state index is 12.4. The molecule has 1 aliphatic heterocycles. The van der Waals surface area contributed by atoms with Gasteiger partial charge in [-0.15, -0.1) is 0 Å². The molecule has 1 atom stereocenters. The van der Waals surface area contributed by atoms with E-state index in [0.29, 0.717) is 29.5 Å². The van der Waals surface area contributed by atoms with Gasteiger partial charge in [0.2, 0.25) is 0 Å². The predicted octanol–water partition coefficient (Wildman–Crippen LogP) is 4.42. The lowest BCUT2D eigenvalue weighted by Crippen LogP contribution is -2.31. The van der Waals surface area contributed by atoms with Gasteiger partial charge in [0.1, 0.15) is 17.9 Å². The molecular formula is C21H25ClN2O5. The van der Waals surface area contributed by atoms with E-state index in [-0.39, 0.29) is 28.8 Å². The molecule has 0 amide bonds. The van der Waals surface area contributed by atoms with Gasteiger partial charge in [-0.05, 0) is 11.8 Å². The van der Waals surface area contributed by atoms with Crippen molar-refractivity contribution in [3.63, 3.8) is 0 Å². The number of carboxylic acids is 1. The van der Waals surface area contributed by atoms with Crippen LogP contribution in [0.2, 0.25) is 5.15 Å². The highest BCUT2D eigenvalue weighted by atomic mass is 35.5. The van der Waals surface area contributed by atoms with Crippen LogP contribution in [-0.4, -0.2) is 33.8 Å². The summed E-state index contributed by atoms with van der Waals surface area (Å²) in [5.41, 5.74) is -0.304. The smallest absolute Gasteiger partial charge is 0.341 e. The topological polar surface area (TPSA) is 90.6 Å². The molecule has 2 aromatic heterocycles. The largest absolute Gasteiger partial charge is 0.490 e. The number of carboxylic acid groups (broad SMARTS) is 1. The minimum Gasteiger partial charge on any atom is -0.490 e. The van der Waals surface area contributed by atoms with Crippen molar-refractivity contribution in [3.05, 3.63) is 39.3 Å². The van der Waals surface area contributed by atoms with Gasteiger partial charge in [0.25, 0.3) is 0 Å². The number of aromatic carboxylic acids is 1. The van der Waals surface area contributed by atoms with Gasteiger partial charge >= 0.3 is 5.97 Å². The van der Waals surface area contributed by atoms with Crippen LogP contribution in [0.5, 0.6) is 11.5 Å². The Morgan fingerprint density at radius 1 is 1.41 bits per heavy atom. The molecule has 0 aliphatic carbocycles. The van der Waals surface area contributed by atoms with Gasteiger partial charge in [-0.1, -0.05) is 45.7 Å². The minimum absolute atomic E-state index is 0.166. The van der Waals surface area contributed by atoms with Crippen molar-refractivity contribution >= 4 is 17.6 Å². The Morgan fingerprint density at radius 3 is 2.76 bits per heavy atom. The summed E-state index contributed by atoms with van der Waals surface area (Å²) in [7, 11) is 0. The normalized spacial score (nSPS) is 15.7. The molecule has 0 saturated heterocycles. The van der Waals surface area contributed by atoms with Crippen molar-refractivity contribution in [1.29, 1.82) is 0 Å². The Hall–Kier alpha value is -2.54. The molecule has 2 aromatic rings. The van der Waals surface area contributed by atoms with Gasteiger partial charge in [0, 0.05) is 18.3 Å². The first-order chi connectivity index (χ1) is 13.6. The number of nitrogens with zero attached hydrogens (tertiary/aromatic N) is 2. The third-order valence-electron chi connectivity index (χ3n) is 4.95. The van der Waals surface area contributed by atoms with Crippen LogP contribution in [-0.2, 0) is 0 Å². The van der Waals surface area contributed by atoms with Gasteiger partial charge in [-0.2, -0.15) is 0 Å². The quantitative estimate of drug-likeness (QED) is 0.568. The lowest BCUT2D eigenvalue weighted by Gasteiger charge is -2.32. The van der Waals surface area contributed by atoms with Gasteiger partial charge in [-0.25, -0.2) is 9.78 Å². The van der Waals surface area contributed by atoms with Crippen molar-refractivity contribution < 1.29 is 19.4 Å². The fourth-order valence-corrected chi connectivity index (χ4v) is 3.44. The highest BCUT2D eigenvalue weighted by Crippen LogP contribution is 2.42. The monoisotopic (exact) mass is 420 g/mol. The predicted molar refractivity (Wildman–Crippen MR) is 110 cm³/mol. The van der Waals surface area contributed by atoms with Crippen LogP contribution < -0.4 is 14.9 Å². The number of rotatable bonds is 5. The summed E-state index contributed by atoms with van der Waals surface area (Å²) in [5.74, 6) is -0.401. The van der Waals surface area contributed by atoms with Crippen LogP contribution >= 0.6 is 11.6 Å². The van der Waals surface area contributed by atoms with E-state index in [2.05, 4.69) is 11.9 Å². The van der Waals surface area contributed by atoms with Crippen molar-refractivity contribution in [2.24, 2.45) is 5.41 Å². The molecule has 29 heavy (non-hydrogen) atoms. The maximum Gasteiger partial charge on any atom is 0.341 e. The third-order valence-corrected chi connectivity index (χ3v) is 5.22. The van der Waals surface area contributed by atoms with E-state index in [0.717, 1.165) is 12.8 Å². The van der Waals surface area contributed by atoms with Gasteiger partial charge < -0.3 is 19.1 Å². The first-order valence-electron chi connectivity index (χ1n) is 9.59. The average Bonchev–Trinajstić information content (AvgIpc) is 2.77. The van der Waals surface area contributed by atoms with Crippen LogP contribution in [0.1, 0.15) is 56.9 Å². The molecule has 0 bridgehead atoms. The SMILES string of the molecule is CCCCOc1cc2c(nc1Cl)-c1cc(=O)c(C(=O)O)cn1[C@H](C(C)(C)C)CO2. The molecule has 0 unspecified atom stereocenters. The van der Waals surface area contributed by atoms with Gasteiger partial charge in [0.15, 0.2) is 22.1 Å². The summed E-state index contributed by atoms with van der Waals surface area (Å²) in [4.78, 5) is 28.4. The number of unbranched alkanes of at least 4 members (excludes halogenated alkanes) is 1. The molecule has 3 rings (SSSR count). The number of carbonyl (C=O) groups is 1. The van der Waals surface area contributed by atoms with Crippen molar-refractivity contribution in [2.75, 3.05) is 13.2 Å². The van der Waals surface area contributed by atoms with Crippen LogP contribution in [0.25, 0.3) is 11.4 Å². The first kappa shape index (κ1) is 21.2. The Labute approximate surface area is 174 Å². The van der Waals surface area contributed by atoms with Crippen molar-refractivity contribution in [2.45, 2.75) is 46.6 Å². The lowest BCUT2D eigenvalue weighted by atomic mass is 9.86. The zero-order valence-electron chi connectivity index (χ0n) is 17.0. The number of hydrogen-bond acceptors (Lipinski definition) is 5. The second kappa shape index (κ2) is 8.06. The van der Waals surface area contributed by atoms with Crippen LogP contribution in [0.4, 0.5) is 0 Å². The highest BCUT2D eigenvalue weighted by molar-refractivity contribution is 6.31. The molecule has 0 radical (unpaired) electrons. The summed E-state index contributed by atoms with van der Waals surface area (Å²) >= 11 is 6.33. The van der Waals surface area contributed by atoms with E-state index >= 15 is 0 Å². The van der Waals surface area contributed by atoms with Crippen molar-refractivity contribution in [3.8, 4) is 22.9 Å². The highest BCUT2D eigenvalue weighted by Gasteiger charge is 2.33. The number of pyridine rings is 2. The molecule has 7 nitrogen and oxygen atoms in total. The van der Waals surface area contributed by atoms with Gasteiger partial charge in [-0.3, -0.25) is 4.79 Å². The van der Waals surface area contributed by atoms with Crippen LogP contribution in [0, 0.1) is 5.41 Å².